The Morgan fingerprint density at radius 2 is 2.37 bits per heavy atom. The van der Waals surface area contributed by atoms with Crippen molar-refractivity contribution in [3.8, 4) is 11.8 Å². The molecule has 1 aromatic rings. The summed E-state index contributed by atoms with van der Waals surface area (Å²) in [4.78, 5) is 15.5. The number of aromatic nitrogens is 1. The van der Waals surface area contributed by atoms with E-state index >= 15 is 0 Å². The lowest BCUT2D eigenvalue weighted by atomic mass is 10.3. The molecule has 0 atom stereocenters. The van der Waals surface area contributed by atoms with Gasteiger partial charge in [0.1, 0.15) is 12.3 Å². The van der Waals surface area contributed by atoms with Crippen molar-refractivity contribution in [2.75, 3.05) is 13.2 Å². The Morgan fingerprint density at radius 3 is 3.00 bits per heavy atom. The van der Waals surface area contributed by atoms with Crippen LogP contribution in [0.2, 0.25) is 0 Å². The highest BCUT2D eigenvalue weighted by molar-refractivity contribution is 5.77. The van der Waals surface area contributed by atoms with Crippen LogP contribution in [0.3, 0.4) is 0 Å². The molecule has 0 spiro atoms. The van der Waals surface area contributed by atoms with Gasteiger partial charge in [0, 0.05) is 12.6 Å². The van der Waals surface area contributed by atoms with Gasteiger partial charge in [-0.25, -0.2) is 0 Å². The van der Waals surface area contributed by atoms with Crippen molar-refractivity contribution in [1.82, 2.24) is 15.6 Å². The van der Waals surface area contributed by atoms with Gasteiger partial charge in [0.05, 0.1) is 18.0 Å². The van der Waals surface area contributed by atoms with Gasteiger partial charge in [-0.1, -0.05) is 0 Å². The monoisotopic (exact) mass is 260 g/mol. The van der Waals surface area contributed by atoms with Crippen LogP contribution in [-0.4, -0.2) is 30.1 Å². The fraction of sp³-hybridized carbons (Fsp3) is 0.462. The van der Waals surface area contributed by atoms with E-state index in [1.165, 1.54) is 12.8 Å². The fourth-order valence-electron chi connectivity index (χ4n) is 1.48. The molecule has 0 radical (unpaired) electrons. The molecular formula is C13H16N4O2. The van der Waals surface area contributed by atoms with Crippen LogP contribution in [0, 0.1) is 11.3 Å². The third-order valence-corrected chi connectivity index (χ3v) is 2.68. The Bertz CT molecular complexity index is 463. The number of nitrogens with zero attached hydrogens (tertiary/aromatic N) is 2. The number of hydrogen-bond acceptors (Lipinski definition) is 5. The number of carbonyl (C=O) groups excluding carboxylic acids is 1. The molecule has 1 saturated carbocycles. The van der Waals surface area contributed by atoms with Crippen LogP contribution in [0.5, 0.6) is 5.75 Å². The van der Waals surface area contributed by atoms with Crippen LogP contribution in [0.15, 0.2) is 18.3 Å². The SMILES string of the molecule is N#CCNC(=O)COc1ccc(CNC2CC2)nc1. The minimum Gasteiger partial charge on any atom is -0.482 e. The third kappa shape index (κ3) is 4.94. The summed E-state index contributed by atoms with van der Waals surface area (Å²) < 4.78 is 5.25. The van der Waals surface area contributed by atoms with Gasteiger partial charge in [-0.2, -0.15) is 5.26 Å². The summed E-state index contributed by atoms with van der Waals surface area (Å²) >= 11 is 0. The van der Waals surface area contributed by atoms with E-state index in [1.54, 1.807) is 12.3 Å². The number of hydrogen-bond donors (Lipinski definition) is 2. The maximum Gasteiger partial charge on any atom is 0.258 e. The zero-order chi connectivity index (χ0) is 13.5. The van der Waals surface area contributed by atoms with Crippen LogP contribution in [0.1, 0.15) is 18.5 Å². The highest BCUT2D eigenvalue weighted by atomic mass is 16.5. The molecule has 6 heteroatoms. The lowest BCUT2D eigenvalue weighted by Crippen LogP contribution is -2.29. The highest BCUT2D eigenvalue weighted by Crippen LogP contribution is 2.19. The summed E-state index contributed by atoms with van der Waals surface area (Å²) in [6.07, 6.45) is 4.10. The van der Waals surface area contributed by atoms with Crippen molar-refractivity contribution in [3.05, 3.63) is 24.0 Å². The Morgan fingerprint density at radius 1 is 1.53 bits per heavy atom. The van der Waals surface area contributed by atoms with Gasteiger partial charge in [-0.15, -0.1) is 0 Å². The van der Waals surface area contributed by atoms with Crippen molar-refractivity contribution in [2.24, 2.45) is 0 Å². The summed E-state index contributed by atoms with van der Waals surface area (Å²) in [6, 6.07) is 6.14. The first-order valence-electron chi connectivity index (χ1n) is 6.22. The Hall–Kier alpha value is -2.13. The molecule has 1 aliphatic carbocycles. The number of nitrogens with one attached hydrogen (secondary N) is 2. The maximum absolute atomic E-state index is 11.2. The first-order valence-corrected chi connectivity index (χ1v) is 6.22. The van der Waals surface area contributed by atoms with Gasteiger partial charge >= 0.3 is 0 Å². The third-order valence-electron chi connectivity index (χ3n) is 2.68. The molecule has 2 N–H and O–H groups in total. The first-order chi connectivity index (χ1) is 9.28. The summed E-state index contributed by atoms with van der Waals surface area (Å²) in [5.74, 6) is 0.225. The molecule has 0 aromatic carbocycles. The summed E-state index contributed by atoms with van der Waals surface area (Å²) in [6.45, 7) is 0.642. The smallest absolute Gasteiger partial charge is 0.258 e. The average Bonchev–Trinajstić information content (AvgIpc) is 3.26. The highest BCUT2D eigenvalue weighted by Gasteiger charge is 2.20. The summed E-state index contributed by atoms with van der Waals surface area (Å²) in [5.41, 5.74) is 0.952. The maximum atomic E-state index is 11.2. The second-order valence-corrected chi connectivity index (χ2v) is 4.36. The molecule has 0 bridgehead atoms. The number of amides is 1. The normalized spacial score (nSPS) is 13.6. The molecule has 6 nitrogen and oxygen atoms in total. The zero-order valence-corrected chi connectivity index (χ0v) is 10.6. The van der Waals surface area contributed by atoms with Crippen LogP contribution in [-0.2, 0) is 11.3 Å². The standard InChI is InChI=1S/C13H16N4O2/c14-5-6-15-13(18)9-19-12-4-3-11(17-8-12)7-16-10-1-2-10/h3-4,8,10,16H,1-2,6-7,9H2,(H,15,18). The summed E-state index contributed by atoms with van der Waals surface area (Å²) in [7, 11) is 0. The van der Waals surface area contributed by atoms with Crippen LogP contribution in [0.4, 0.5) is 0 Å². The largest absolute Gasteiger partial charge is 0.482 e. The van der Waals surface area contributed by atoms with E-state index in [2.05, 4.69) is 15.6 Å². The minimum absolute atomic E-state index is 0.00772. The molecule has 1 heterocycles. The average molecular weight is 260 g/mol. The predicted molar refractivity (Wildman–Crippen MR) is 68.2 cm³/mol. The number of rotatable bonds is 7. The molecule has 1 aliphatic rings. The van der Waals surface area contributed by atoms with Crippen molar-refractivity contribution < 1.29 is 9.53 Å². The van der Waals surface area contributed by atoms with Gasteiger partial charge in [0.15, 0.2) is 6.61 Å². The Labute approximate surface area is 111 Å². The molecule has 0 saturated heterocycles. The van der Waals surface area contributed by atoms with E-state index in [4.69, 9.17) is 10.00 Å². The van der Waals surface area contributed by atoms with Crippen molar-refractivity contribution in [1.29, 1.82) is 5.26 Å². The van der Waals surface area contributed by atoms with E-state index < -0.39 is 0 Å². The second kappa shape index (κ2) is 6.71. The predicted octanol–water partition coefficient (Wildman–Crippen LogP) is 0.352. The lowest BCUT2D eigenvalue weighted by molar-refractivity contribution is -0.122. The lowest BCUT2D eigenvalue weighted by Gasteiger charge is -2.06. The molecule has 0 unspecified atom stereocenters. The number of nitriles is 1. The molecular weight excluding hydrogens is 244 g/mol. The van der Waals surface area contributed by atoms with Gasteiger partial charge in [-0.05, 0) is 25.0 Å². The van der Waals surface area contributed by atoms with Crippen LogP contribution in [0.25, 0.3) is 0 Å². The van der Waals surface area contributed by atoms with E-state index in [1.807, 2.05) is 12.1 Å². The topological polar surface area (TPSA) is 87.0 Å². The molecule has 0 aliphatic heterocycles. The van der Waals surface area contributed by atoms with Gasteiger partial charge in [0.25, 0.3) is 5.91 Å². The van der Waals surface area contributed by atoms with Gasteiger partial charge < -0.3 is 15.4 Å². The minimum atomic E-state index is -0.318. The van der Waals surface area contributed by atoms with Crippen molar-refractivity contribution in [3.63, 3.8) is 0 Å². The van der Waals surface area contributed by atoms with Gasteiger partial charge in [0.2, 0.25) is 0 Å². The Kier molecular flexibility index (Phi) is 4.70. The van der Waals surface area contributed by atoms with E-state index in [0.29, 0.717) is 11.8 Å². The molecule has 19 heavy (non-hydrogen) atoms. The molecule has 2 rings (SSSR count). The molecule has 1 fully saturated rings. The van der Waals surface area contributed by atoms with E-state index in [0.717, 1.165) is 12.2 Å². The van der Waals surface area contributed by atoms with E-state index in [9.17, 15) is 4.79 Å². The fourth-order valence-corrected chi connectivity index (χ4v) is 1.48. The van der Waals surface area contributed by atoms with Crippen molar-refractivity contribution >= 4 is 5.91 Å². The van der Waals surface area contributed by atoms with Gasteiger partial charge in [-0.3, -0.25) is 9.78 Å². The molecule has 100 valence electrons. The Balaban J connectivity index is 1.71. The molecule has 1 amide bonds. The van der Waals surface area contributed by atoms with Crippen LogP contribution >= 0.6 is 0 Å². The first kappa shape index (κ1) is 13.3. The number of carbonyl (C=O) groups is 1. The van der Waals surface area contributed by atoms with Crippen molar-refractivity contribution in [2.45, 2.75) is 25.4 Å². The second-order valence-electron chi connectivity index (χ2n) is 4.36. The quantitative estimate of drug-likeness (QED) is 0.691. The van der Waals surface area contributed by atoms with E-state index in [-0.39, 0.29) is 19.1 Å². The zero-order valence-electron chi connectivity index (χ0n) is 10.6. The summed E-state index contributed by atoms with van der Waals surface area (Å²) in [5, 5.41) is 14.1. The number of ether oxygens (including phenoxy) is 1. The number of pyridine rings is 1. The van der Waals surface area contributed by atoms with Crippen LogP contribution < -0.4 is 15.4 Å². The molecule has 1 aromatic heterocycles.